The van der Waals surface area contributed by atoms with E-state index in [-0.39, 0.29) is 18.3 Å². The number of methoxy groups -OCH3 is 2. The van der Waals surface area contributed by atoms with E-state index in [0.29, 0.717) is 28.5 Å². The molecule has 29 heavy (non-hydrogen) atoms. The van der Waals surface area contributed by atoms with Crippen LogP contribution in [0.3, 0.4) is 0 Å². The molecule has 0 atom stereocenters. The summed E-state index contributed by atoms with van der Waals surface area (Å²) in [6.07, 6.45) is 0. The van der Waals surface area contributed by atoms with Crippen molar-refractivity contribution in [3.05, 3.63) is 47.5 Å². The highest BCUT2D eigenvalue weighted by Crippen LogP contribution is 2.40. The van der Waals surface area contributed by atoms with E-state index in [1.54, 1.807) is 19.1 Å². The number of anilines is 1. The molecule has 0 fully saturated rings. The Balaban J connectivity index is 0.00000300. The number of ether oxygens (including phenoxy) is 2. The number of carbonyl (C=O) groups excluding carboxylic acids is 1. The normalized spacial score (nSPS) is 10.7. The Labute approximate surface area is 181 Å². The molecule has 1 heterocycles. The fourth-order valence-electron chi connectivity index (χ4n) is 2.93. The molecule has 0 saturated heterocycles. The van der Waals surface area contributed by atoms with Gasteiger partial charge in [-0.3, -0.25) is 9.69 Å². The highest BCUT2D eigenvalue weighted by Gasteiger charge is 2.24. The van der Waals surface area contributed by atoms with E-state index in [0.717, 1.165) is 22.6 Å². The molecule has 0 bridgehead atoms. The summed E-state index contributed by atoms with van der Waals surface area (Å²) in [7, 11) is 7.22. The van der Waals surface area contributed by atoms with E-state index in [9.17, 15) is 4.79 Å². The van der Waals surface area contributed by atoms with Crippen LogP contribution in [0.25, 0.3) is 10.2 Å². The van der Waals surface area contributed by atoms with Crippen molar-refractivity contribution in [2.45, 2.75) is 6.92 Å². The summed E-state index contributed by atoms with van der Waals surface area (Å²) >= 11 is 1.44. The van der Waals surface area contributed by atoms with Crippen molar-refractivity contribution in [2.24, 2.45) is 0 Å². The first-order valence-electron chi connectivity index (χ1n) is 9.00. The molecule has 0 aliphatic heterocycles. The number of likely N-dealkylation sites (N-methyl/N-ethyl adjacent to an activating group) is 1. The Morgan fingerprint density at radius 2 is 1.69 bits per heavy atom. The maximum absolute atomic E-state index is 13.4. The lowest BCUT2D eigenvalue weighted by Gasteiger charge is -2.22. The van der Waals surface area contributed by atoms with Gasteiger partial charge in [0.15, 0.2) is 5.13 Å². The van der Waals surface area contributed by atoms with Crippen LogP contribution < -0.4 is 14.4 Å². The van der Waals surface area contributed by atoms with Crippen LogP contribution in [0.15, 0.2) is 36.4 Å². The van der Waals surface area contributed by atoms with Crippen molar-refractivity contribution in [3.63, 3.8) is 0 Å². The fraction of sp³-hybridized carbons (Fsp3) is 0.333. The lowest BCUT2D eigenvalue weighted by atomic mass is 10.1. The number of aromatic nitrogens is 1. The van der Waals surface area contributed by atoms with Crippen molar-refractivity contribution in [2.75, 3.05) is 46.3 Å². The first-order valence-corrected chi connectivity index (χ1v) is 9.81. The van der Waals surface area contributed by atoms with Gasteiger partial charge in [-0.1, -0.05) is 29.5 Å². The van der Waals surface area contributed by atoms with Crippen LogP contribution in [-0.2, 0) is 0 Å². The topological polar surface area (TPSA) is 54.9 Å². The van der Waals surface area contributed by atoms with Crippen LogP contribution in [-0.4, -0.2) is 57.2 Å². The number of carbonyl (C=O) groups is 1. The second kappa shape index (κ2) is 9.91. The summed E-state index contributed by atoms with van der Waals surface area (Å²) in [6, 6.07) is 11.3. The Morgan fingerprint density at radius 1 is 1.03 bits per heavy atom. The third kappa shape index (κ3) is 4.80. The van der Waals surface area contributed by atoms with Crippen LogP contribution >= 0.6 is 23.7 Å². The lowest BCUT2D eigenvalue weighted by Crippen LogP contribution is -2.37. The summed E-state index contributed by atoms with van der Waals surface area (Å²) in [6.45, 7) is 3.20. The van der Waals surface area contributed by atoms with Crippen molar-refractivity contribution in [1.29, 1.82) is 0 Å². The van der Waals surface area contributed by atoms with Crippen molar-refractivity contribution >= 4 is 45.0 Å². The Bertz CT molecular complexity index is 949. The number of aryl methyl sites for hydroxylation is 1. The van der Waals surface area contributed by atoms with Gasteiger partial charge in [0, 0.05) is 18.7 Å². The number of amides is 1. The second-order valence-corrected chi connectivity index (χ2v) is 7.70. The fourth-order valence-corrected chi connectivity index (χ4v) is 4.03. The minimum Gasteiger partial charge on any atom is -0.495 e. The van der Waals surface area contributed by atoms with Gasteiger partial charge in [0.2, 0.25) is 0 Å². The van der Waals surface area contributed by atoms with E-state index in [2.05, 4.69) is 0 Å². The molecule has 6 nitrogen and oxygen atoms in total. The van der Waals surface area contributed by atoms with Gasteiger partial charge in [0.05, 0.1) is 14.2 Å². The minimum atomic E-state index is -0.0584. The summed E-state index contributed by atoms with van der Waals surface area (Å²) < 4.78 is 11.8. The maximum Gasteiger partial charge on any atom is 0.260 e. The molecular weight excluding hydrogens is 410 g/mol. The molecular formula is C21H26ClN3O3S. The zero-order valence-corrected chi connectivity index (χ0v) is 18.9. The molecule has 3 rings (SSSR count). The molecule has 156 valence electrons. The molecule has 2 aromatic carbocycles. The summed E-state index contributed by atoms with van der Waals surface area (Å²) in [4.78, 5) is 21.9. The Kier molecular flexibility index (Phi) is 7.84. The van der Waals surface area contributed by atoms with Gasteiger partial charge >= 0.3 is 0 Å². The third-order valence-electron chi connectivity index (χ3n) is 4.52. The molecule has 0 spiro atoms. The van der Waals surface area contributed by atoms with Crippen molar-refractivity contribution in [1.82, 2.24) is 9.88 Å². The number of nitrogens with zero attached hydrogens (tertiary/aromatic N) is 3. The highest BCUT2D eigenvalue weighted by atomic mass is 35.5. The predicted molar refractivity (Wildman–Crippen MR) is 121 cm³/mol. The number of hydrogen-bond donors (Lipinski definition) is 0. The zero-order chi connectivity index (χ0) is 20.3. The van der Waals surface area contributed by atoms with Crippen molar-refractivity contribution in [3.8, 4) is 11.5 Å². The van der Waals surface area contributed by atoms with E-state index in [1.807, 2.05) is 62.3 Å². The Hall–Kier alpha value is -2.35. The van der Waals surface area contributed by atoms with Crippen LogP contribution in [0, 0.1) is 6.92 Å². The van der Waals surface area contributed by atoms with Gasteiger partial charge in [-0.15, -0.1) is 12.4 Å². The molecule has 0 unspecified atom stereocenters. The predicted octanol–water partition coefficient (Wildman–Crippen LogP) is 4.25. The largest absolute Gasteiger partial charge is 0.495 e. The third-order valence-corrected chi connectivity index (χ3v) is 5.61. The van der Waals surface area contributed by atoms with Gasteiger partial charge in [0.25, 0.3) is 5.91 Å². The van der Waals surface area contributed by atoms with E-state index in [4.69, 9.17) is 14.5 Å². The molecule has 0 radical (unpaired) electrons. The molecule has 0 N–H and O–H groups in total. The van der Waals surface area contributed by atoms with Gasteiger partial charge in [-0.05, 0) is 44.8 Å². The summed E-state index contributed by atoms with van der Waals surface area (Å²) in [5, 5.41) is 0.632. The van der Waals surface area contributed by atoms with E-state index < -0.39 is 0 Å². The summed E-state index contributed by atoms with van der Waals surface area (Å²) in [5.74, 6) is 1.32. The van der Waals surface area contributed by atoms with Crippen molar-refractivity contribution < 1.29 is 14.3 Å². The molecule has 0 aliphatic rings. The van der Waals surface area contributed by atoms with Gasteiger partial charge in [-0.2, -0.15) is 0 Å². The zero-order valence-electron chi connectivity index (χ0n) is 17.3. The molecule has 1 aromatic heterocycles. The number of hydrogen-bond acceptors (Lipinski definition) is 6. The van der Waals surface area contributed by atoms with E-state index in [1.165, 1.54) is 11.3 Å². The standard InChI is InChI=1S/C21H25N3O3S.ClH/c1-14-8-6-7-9-15(14)20(25)24(13-12-23(2)3)21-22-18-16(26-4)10-11-17(27-5)19(18)28-21;/h6-11H,12-13H2,1-5H3;1H. The number of fused-ring (bicyclic) bond motifs is 1. The Morgan fingerprint density at radius 3 is 2.31 bits per heavy atom. The monoisotopic (exact) mass is 435 g/mol. The molecule has 0 aliphatic carbocycles. The quantitative estimate of drug-likeness (QED) is 0.555. The van der Waals surface area contributed by atoms with Gasteiger partial charge in [-0.25, -0.2) is 4.98 Å². The average molecular weight is 436 g/mol. The van der Waals surface area contributed by atoms with Crippen LogP contribution in [0.2, 0.25) is 0 Å². The van der Waals surface area contributed by atoms with Crippen LogP contribution in [0.5, 0.6) is 11.5 Å². The molecule has 8 heteroatoms. The number of rotatable bonds is 7. The first kappa shape index (κ1) is 22.9. The second-order valence-electron chi connectivity index (χ2n) is 6.72. The number of benzene rings is 2. The van der Waals surface area contributed by atoms with Gasteiger partial charge < -0.3 is 14.4 Å². The van der Waals surface area contributed by atoms with Gasteiger partial charge in [0.1, 0.15) is 21.7 Å². The molecule has 0 saturated carbocycles. The number of halogens is 1. The van der Waals surface area contributed by atoms with Crippen LogP contribution in [0.4, 0.5) is 5.13 Å². The molecule has 3 aromatic rings. The minimum absolute atomic E-state index is 0. The van der Waals surface area contributed by atoms with Crippen LogP contribution in [0.1, 0.15) is 15.9 Å². The average Bonchev–Trinajstić information content (AvgIpc) is 3.12. The lowest BCUT2D eigenvalue weighted by molar-refractivity contribution is 0.0984. The smallest absolute Gasteiger partial charge is 0.260 e. The van der Waals surface area contributed by atoms with E-state index >= 15 is 0 Å². The highest BCUT2D eigenvalue weighted by molar-refractivity contribution is 7.22. The first-order chi connectivity index (χ1) is 13.5. The SMILES string of the molecule is COc1ccc(OC)c2sc(N(CCN(C)C)C(=O)c3ccccc3C)nc12.Cl. The molecule has 1 amide bonds. The number of thiazole rings is 1. The summed E-state index contributed by atoms with van der Waals surface area (Å²) in [5.41, 5.74) is 2.33. The maximum atomic E-state index is 13.4.